The van der Waals surface area contributed by atoms with Crippen molar-refractivity contribution in [2.75, 3.05) is 18.4 Å². The van der Waals surface area contributed by atoms with E-state index in [0.717, 1.165) is 19.3 Å². The van der Waals surface area contributed by atoms with Crippen LogP contribution < -0.4 is 10.9 Å². The van der Waals surface area contributed by atoms with E-state index >= 15 is 0 Å². The van der Waals surface area contributed by atoms with Gasteiger partial charge in [-0.15, -0.1) is 0 Å². The molecule has 0 radical (unpaired) electrons. The number of aryl methyl sites for hydroxylation is 1. The molecule has 0 saturated carbocycles. The highest BCUT2D eigenvalue weighted by Gasteiger charge is 2.24. The summed E-state index contributed by atoms with van der Waals surface area (Å²) in [6, 6.07) is 22.5. The van der Waals surface area contributed by atoms with Crippen molar-refractivity contribution < 1.29 is 9.59 Å². The van der Waals surface area contributed by atoms with Gasteiger partial charge >= 0.3 is 0 Å². The summed E-state index contributed by atoms with van der Waals surface area (Å²) in [5, 5.41) is 2.68. The second-order valence-electron chi connectivity index (χ2n) is 8.61. The van der Waals surface area contributed by atoms with Crippen molar-refractivity contribution in [2.45, 2.75) is 32.7 Å². The SMILES string of the molecule is Cc1ccc(NC(=O)c2ccccc2)c(=O)n1CC(=O)N1CCC(Cc2ccccc2)CC1. The fraction of sp³-hybridized carbons (Fsp3) is 0.296. The molecular formula is C27H29N3O3. The molecule has 6 heteroatoms. The Kier molecular flexibility index (Phi) is 7.03. The van der Waals surface area contributed by atoms with E-state index in [1.54, 1.807) is 43.3 Å². The standard InChI is InChI=1S/C27H29N3O3/c1-20-12-13-24(28-26(32)23-10-6-3-7-11-23)27(33)30(20)19-25(31)29-16-14-22(15-17-29)18-21-8-4-2-5-9-21/h2-13,22H,14-19H2,1H3,(H,28,32). The molecule has 6 nitrogen and oxygen atoms in total. The fourth-order valence-electron chi connectivity index (χ4n) is 4.32. The number of nitrogens with zero attached hydrogens (tertiary/aromatic N) is 2. The zero-order valence-corrected chi connectivity index (χ0v) is 18.9. The van der Waals surface area contributed by atoms with Crippen LogP contribution in [-0.2, 0) is 17.8 Å². The Labute approximate surface area is 193 Å². The van der Waals surface area contributed by atoms with Crippen LogP contribution >= 0.6 is 0 Å². The normalized spacial score (nSPS) is 14.2. The van der Waals surface area contributed by atoms with Crippen molar-refractivity contribution >= 4 is 17.5 Å². The molecule has 1 N–H and O–H groups in total. The summed E-state index contributed by atoms with van der Waals surface area (Å²) in [5.41, 5.74) is 2.29. The summed E-state index contributed by atoms with van der Waals surface area (Å²) in [6.45, 7) is 3.18. The lowest BCUT2D eigenvalue weighted by Gasteiger charge is -2.32. The van der Waals surface area contributed by atoms with Crippen LogP contribution in [0.4, 0.5) is 5.69 Å². The maximum atomic E-state index is 13.0. The molecule has 170 valence electrons. The van der Waals surface area contributed by atoms with Crippen LogP contribution in [0.1, 0.15) is 34.5 Å². The number of rotatable bonds is 6. The quantitative estimate of drug-likeness (QED) is 0.628. The highest BCUT2D eigenvalue weighted by molar-refractivity contribution is 6.04. The van der Waals surface area contributed by atoms with E-state index in [2.05, 4.69) is 29.6 Å². The number of likely N-dealkylation sites (tertiary alicyclic amines) is 1. The predicted octanol–water partition coefficient (Wildman–Crippen LogP) is 3.89. The Balaban J connectivity index is 1.38. The average molecular weight is 444 g/mol. The van der Waals surface area contributed by atoms with Gasteiger partial charge in [0.1, 0.15) is 12.2 Å². The lowest BCUT2D eigenvalue weighted by Crippen LogP contribution is -2.42. The Morgan fingerprint density at radius 3 is 2.21 bits per heavy atom. The minimum Gasteiger partial charge on any atom is -0.341 e. The number of amides is 2. The summed E-state index contributed by atoms with van der Waals surface area (Å²) < 4.78 is 1.44. The molecule has 4 rings (SSSR count). The highest BCUT2D eigenvalue weighted by Crippen LogP contribution is 2.22. The first kappa shape index (κ1) is 22.5. The van der Waals surface area contributed by atoms with Crippen molar-refractivity contribution in [1.82, 2.24) is 9.47 Å². The maximum Gasteiger partial charge on any atom is 0.274 e. The molecule has 0 atom stereocenters. The number of hydrogen-bond acceptors (Lipinski definition) is 3. The van der Waals surface area contributed by atoms with E-state index in [1.807, 2.05) is 17.0 Å². The van der Waals surface area contributed by atoms with Crippen molar-refractivity contribution in [3.05, 3.63) is 100.0 Å². The molecular weight excluding hydrogens is 414 g/mol. The smallest absolute Gasteiger partial charge is 0.274 e. The van der Waals surface area contributed by atoms with Crippen LogP contribution in [0.3, 0.4) is 0 Å². The van der Waals surface area contributed by atoms with Gasteiger partial charge in [0.25, 0.3) is 11.5 Å². The topological polar surface area (TPSA) is 71.4 Å². The lowest BCUT2D eigenvalue weighted by atomic mass is 9.90. The van der Waals surface area contributed by atoms with E-state index in [4.69, 9.17) is 0 Å². The van der Waals surface area contributed by atoms with E-state index in [1.165, 1.54) is 10.1 Å². The molecule has 0 aliphatic carbocycles. The van der Waals surface area contributed by atoms with E-state index in [0.29, 0.717) is 30.3 Å². The first-order valence-corrected chi connectivity index (χ1v) is 11.4. The molecule has 1 aliphatic heterocycles. The molecule has 1 fully saturated rings. The molecule has 3 aromatic rings. The molecule has 2 amide bonds. The second kappa shape index (κ2) is 10.3. The summed E-state index contributed by atoms with van der Waals surface area (Å²) in [7, 11) is 0. The molecule has 0 unspecified atom stereocenters. The summed E-state index contributed by atoms with van der Waals surface area (Å²) >= 11 is 0. The van der Waals surface area contributed by atoms with Crippen molar-refractivity contribution in [3.63, 3.8) is 0 Å². The Bertz CT molecular complexity index is 1160. The Hall–Kier alpha value is -3.67. The molecule has 0 bridgehead atoms. The van der Waals surface area contributed by atoms with Gasteiger partial charge in [-0.3, -0.25) is 14.4 Å². The third kappa shape index (κ3) is 5.58. The fourth-order valence-corrected chi connectivity index (χ4v) is 4.32. The number of carbonyl (C=O) groups is 2. The number of pyridine rings is 1. The van der Waals surface area contributed by atoms with Gasteiger partial charge in [-0.05, 0) is 61.9 Å². The van der Waals surface area contributed by atoms with Gasteiger partial charge in [0, 0.05) is 24.3 Å². The molecule has 2 aromatic carbocycles. The molecule has 2 heterocycles. The number of nitrogens with one attached hydrogen (secondary N) is 1. The van der Waals surface area contributed by atoms with Crippen LogP contribution in [0, 0.1) is 12.8 Å². The number of hydrogen-bond donors (Lipinski definition) is 1. The molecule has 33 heavy (non-hydrogen) atoms. The average Bonchev–Trinajstić information content (AvgIpc) is 2.85. The van der Waals surface area contributed by atoms with Crippen molar-refractivity contribution in [1.29, 1.82) is 0 Å². The van der Waals surface area contributed by atoms with Gasteiger partial charge in [-0.2, -0.15) is 0 Å². The number of benzene rings is 2. The summed E-state index contributed by atoms with van der Waals surface area (Å²) in [5.74, 6) is 0.150. The van der Waals surface area contributed by atoms with Crippen LogP contribution in [0.25, 0.3) is 0 Å². The van der Waals surface area contributed by atoms with Crippen molar-refractivity contribution in [2.24, 2.45) is 5.92 Å². The molecule has 1 aromatic heterocycles. The zero-order valence-electron chi connectivity index (χ0n) is 18.9. The number of aromatic nitrogens is 1. The van der Waals surface area contributed by atoms with Crippen molar-refractivity contribution in [3.8, 4) is 0 Å². The Morgan fingerprint density at radius 2 is 1.55 bits per heavy atom. The first-order chi connectivity index (χ1) is 16.0. The van der Waals surface area contributed by atoms with Gasteiger partial charge in [-0.25, -0.2) is 0 Å². The lowest BCUT2D eigenvalue weighted by molar-refractivity contribution is -0.133. The van der Waals surface area contributed by atoms with E-state index in [-0.39, 0.29) is 29.6 Å². The van der Waals surface area contributed by atoms with Crippen LogP contribution in [0.5, 0.6) is 0 Å². The number of carbonyl (C=O) groups excluding carboxylic acids is 2. The van der Waals surface area contributed by atoms with Gasteiger partial charge < -0.3 is 14.8 Å². The molecule has 0 spiro atoms. The molecule has 1 saturated heterocycles. The third-order valence-electron chi connectivity index (χ3n) is 6.30. The minimum atomic E-state index is -0.369. The summed E-state index contributed by atoms with van der Waals surface area (Å²) in [4.78, 5) is 40.3. The van der Waals surface area contributed by atoms with E-state index in [9.17, 15) is 14.4 Å². The number of anilines is 1. The van der Waals surface area contributed by atoms with E-state index < -0.39 is 0 Å². The van der Waals surface area contributed by atoms with Crippen LogP contribution in [0.2, 0.25) is 0 Å². The Morgan fingerprint density at radius 1 is 0.909 bits per heavy atom. The maximum absolute atomic E-state index is 13.0. The van der Waals surface area contributed by atoms with Gasteiger partial charge in [0.15, 0.2) is 0 Å². The number of piperidine rings is 1. The van der Waals surface area contributed by atoms with Gasteiger partial charge in [0.05, 0.1) is 0 Å². The zero-order chi connectivity index (χ0) is 23.2. The first-order valence-electron chi connectivity index (χ1n) is 11.4. The van der Waals surface area contributed by atoms with Gasteiger partial charge in [0.2, 0.25) is 5.91 Å². The van der Waals surface area contributed by atoms with Crippen LogP contribution in [-0.4, -0.2) is 34.4 Å². The predicted molar refractivity (Wildman–Crippen MR) is 129 cm³/mol. The monoisotopic (exact) mass is 443 g/mol. The third-order valence-corrected chi connectivity index (χ3v) is 6.30. The summed E-state index contributed by atoms with van der Waals surface area (Å²) in [6.07, 6.45) is 2.95. The minimum absolute atomic E-state index is 0.0247. The largest absolute Gasteiger partial charge is 0.341 e. The second-order valence-corrected chi connectivity index (χ2v) is 8.61. The molecule has 1 aliphatic rings. The van der Waals surface area contributed by atoms with Gasteiger partial charge in [-0.1, -0.05) is 48.5 Å². The van der Waals surface area contributed by atoms with Crippen LogP contribution in [0.15, 0.2) is 77.6 Å². The highest BCUT2D eigenvalue weighted by atomic mass is 16.2.